The van der Waals surface area contributed by atoms with Crippen molar-refractivity contribution in [3.63, 3.8) is 0 Å². The van der Waals surface area contributed by atoms with Crippen molar-refractivity contribution in [3.8, 4) is 0 Å². The lowest BCUT2D eigenvalue weighted by Crippen LogP contribution is -2.21. The number of amides is 1. The third kappa shape index (κ3) is 1.40. The Morgan fingerprint density at radius 3 is 3.18 bits per heavy atom. The minimum atomic E-state index is -0.390. The third-order valence-corrected chi connectivity index (χ3v) is 5.02. The first-order valence-electron chi connectivity index (χ1n) is 5.77. The fraction of sp³-hybridized carbons (Fsp3) is 0.500. The van der Waals surface area contributed by atoms with E-state index in [0.717, 1.165) is 29.3 Å². The molecule has 1 N–H and O–H groups in total. The Morgan fingerprint density at radius 2 is 2.47 bits per heavy atom. The Balaban J connectivity index is 2.11. The number of carbonyl (C=O) groups is 1. The normalized spacial score (nSPS) is 29.4. The minimum Gasteiger partial charge on any atom is -0.310 e. The molecule has 1 aromatic rings. The number of fused-ring (bicyclic) bond motifs is 2. The average molecular weight is 316 g/mol. The Kier molecular flexibility index (Phi) is 2.49. The number of anilines is 1. The van der Waals surface area contributed by atoms with Crippen LogP contribution in [0.25, 0.3) is 0 Å². The lowest BCUT2D eigenvalue weighted by atomic mass is 9.94. The second-order valence-corrected chi connectivity index (χ2v) is 5.99. The fourth-order valence-corrected chi connectivity index (χ4v) is 3.52. The SMILES string of the molecule is CCC[C@H]1CC12C(=O)Nc1ncc(Br)c(Cl)c12. The zero-order valence-corrected chi connectivity index (χ0v) is 11.7. The highest BCUT2D eigenvalue weighted by molar-refractivity contribution is 9.10. The summed E-state index contributed by atoms with van der Waals surface area (Å²) in [6, 6.07) is 0. The number of nitrogens with one attached hydrogen (secondary N) is 1. The van der Waals surface area contributed by atoms with Crippen LogP contribution in [0, 0.1) is 5.92 Å². The van der Waals surface area contributed by atoms with Gasteiger partial charge in [0.05, 0.1) is 14.9 Å². The number of hydrogen-bond acceptors (Lipinski definition) is 2. The van der Waals surface area contributed by atoms with Crippen LogP contribution in [0.2, 0.25) is 5.02 Å². The molecule has 1 aromatic heterocycles. The zero-order valence-electron chi connectivity index (χ0n) is 9.39. The van der Waals surface area contributed by atoms with E-state index in [2.05, 4.69) is 33.2 Å². The van der Waals surface area contributed by atoms with Crippen LogP contribution in [-0.4, -0.2) is 10.9 Å². The molecule has 1 fully saturated rings. The maximum absolute atomic E-state index is 12.1. The predicted octanol–water partition coefficient (Wildman–Crippen LogP) is 3.51. The molecule has 1 aliphatic heterocycles. The van der Waals surface area contributed by atoms with Gasteiger partial charge in [-0.1, -0.05) is 24.9 Å². The van der Waals surface area contributed by atoms with E-state index in [1.165, 1.54) is 0 Å². The molecule has 90 valence electrons. The highest BCUT2D eigenvalue weighted by Gasteiger charge is 2.65. The van der Waals surface area contributed by atoms with Crippen molar-refractivity contribution in [2.45, 2.75) is 31.6 Å². The van der Waals surface area contributed by atoms with Gasteiger partial charge in [-0.2, -0.15) is 0 Å². The summed E-state index contributed by atoms with van der Waals surface area (Å²) in [6.45, 7) is 2.14. The summed E-state index contributed by atoms with van der Waals surface area (Å²) in [4.78, 5) is 16.4. The van der Waals surface area contributed by atoms with Crippen molar-refractivity contribution in [1.29, 1.82) is 0 Å². The molecule has 3 nitrogen and oxygen atoms in total. The summed E-state index contributed by atoms with van der Waals surface area (Å²) in [5.74, 6) is 1.13. The molecule has 1 saturated carbocycles. The standard InChI is InChI=1S/C12H12BrClN2O/c1-2-3-6-4-12(6)8-9(14)7(13)5-15-10(8)16-11(12)17/h5-6H,2-4H2,1H3,(H,15,16,17)/t6-,12?/m0/s1. The van der Waals surface area contributed by atoms with Gasteiger partial charge < -0.3 is 5.32 Å². The van der Waals surface area contributed by atoms with Crippen molar-refractivity contribution >= 4 is 39.3 Å². The highest BCUT2D eigenvalue weighted by Crippen LogP contribution is 2.63. The van der Waals surface area contributed by atoms with Gasteiger partial charge in [-0.15, -0.1) is 0 Å². The molecule has 0 bridgehead atoms. The van der Waals surface area contributed by atoms with Crippen LogP contribution in [-0.2, 0) is 10.2 Å². The van der Waals surface area contributed by atoms with Gasteiger partial charge >= 0.3 is 0 Å². The van der Waals surface area contributed by atoms with Crippen molar-refractivity contribution in [1.82, 2.24) is 4.98 Å². The van der Waals surface area contributed by atoms with Gasteiger partial charge in [0.2, 0.25) is 5.91 Å². The Hall–Kier alpha value is -0.610. The number of hydrogen-bond donors (Lipinski definition) is 1. The average Bonchev–Trinajstić information content (AvgIpc) is 2.91. The van der Waals surface area contributed by atoms with Crippen molar-refractivity contribution in [2.24, 2.45) is 5.92 Å². The maximum atomic E-state index is 12.1. The number of rotatable bonds is 2. The van der Waals surface area contributed by atoms with E-state index >= 15 is 0 Å². The van der Waals surface area contributed by atoms with Crippen molar-refractivity contribution in [3.05, 3.63) is 21.3 Å². The molecule has 1 aliphatic carbocycles. The molecule has 5 heteroatoms. The van der Waals surface area contributed by atoms with Gasteiger partial charge in [0.1, 0.15) is 5.82 Å². The molecular formula is C12H12BrClN2O. The zero-order chi connectivity index (χ0) is 12.2. The van der Waals surface area contributed by atoms with Crippen LogP contribution in [0.4, 0.5) is 5.82 Å². The molecule has 2 atom stereocenters. The lowest BCUT2D eigenvalue weighted by molar-refractivity contribution is -0.118. The van der Waals surface area contributed by atoms with E-state index in [0.29, 0.717) is 16.8 Å². The minimum absolute atomic E-state index is 0.0680. The Labute approximate surface area is 113 Å². The topological polar surface area (TPSA) is 42.0 Å². The Bertz CT molecular complexity index is 519. The smallest absolute Gasteiger partial charge is 0.236 e. The second-order valence-electron chi connectivity index (χ2n) is 4.76. The van der Waals surface area contributed by atoms with E-state index in [9.17, 15) is 4.79 Å². The van der Waals surface area contributed by atoms with Crippen molar-refractivity contribution in [2.75, 3.05) is 5.32 Å². The molecule has 2 aliphatic rings. The molecule has 0 saturated heterocycles. The van der Waals surface area contributed by atoms with Crippen LogP contribution in [0.3, 0.4) is 0 Å². The fourth-order valence-electron chi connectivity index (χ4n) is 2.91. The molecule has 0 radical (unpaired) electrons. The van der Waals surface area contributed by atoms with E-state index < -0.39 is 0 Å². The highest BCUT2D eigenvalue weighted by atomic mass is 79.9. The molecule has 0 aromatic carbocycles. The number of nitrogens with zero attached hydrogens (tertiary/aromatic N) is 1. The first-order chi connectivity index (χ1) is 8.11. The molecule has 1 amide bonds. The quantitative estimate of drug-likeness (QED) is 0.907. The molecule has 1 spiro atoms. The van der Waals surface area contributed by atoms with Gasteiger partial charge in [-0.25, -0.2) is 4.98 Å². The number of carbonyl (C=O) groups excluding carboxylic acids is 1. The van der Waals surface area contributed by atoms with Crippen LogP contribution in [0.15, 0.2) is 10.7 Å². The number of aromatic nitrogens is 1. The van der Waals surface area contributed by atoms with Gasteiger partial charge in [0.15, 0.2) is 0 Å². The predicted molar refractivity (Wildman–Crippen MR) is 70.3 cm³/mol. The summed E-state index contributed by atoms with van der Waals surface area (Å²) >= 11 is 9.69. The van der Waals surface area contributed by atoms with Gasteiger partial charge in [0, 0.05) is 11.8 Å². The van der Waals surface area contributed by atoms with Crippen LogP contribution < -0.4 is 5.32 Å². The summed E-state index contributed by atoms with van der Waals surface area (Å²) in [5.41, 5.74) is 0.510. The largest absolute Gasteiger partial charge is 0.310 e. The third-order valence-electron chi connectivity index (χ3n) is 3.80. The summed E-state index contributed by atoms with van der Waals surface area (Å²) < 4.78 is 0.760. The van der Waals surface area contributed by atoms with Crippen LogP contribution in [0.5, 0.6) is 0 Å². The van der Waals surface area contributed by atoms with E-state index in [1.54, 1.807) is 6.20 Å². The molecule has 3 rings (SSSR count). The molecule has 1 unspecified atom stereocenters. The first kappa shape index (κ1) is 11.5. The summed E-state index contributed by atoms with van der Waals surface area (Å²) in [6.07, 6.45) is 4.69. The molecule has 17 heavy (non-hydrogen) atoms. The lowest BCUT2D eigenvalue weighted by Gasteiger charge is -2.10. The maximum Gasteiger partial charge on any atom is 0.236 e. The van der Waals surface area contributed by atoms with E-state index in [-0.39, 0.29) is 11.3 Å². The number of halogens is 2. The van der Waals surface area contributed by atoms with Crippen LogP contribution >= 0.6 is 27.5 Å². The second kappa shape index (κ2) is 3.69. The first-order valence-corrected chi connectivity index (χ1v) is 6.94. The molecular weight excluding hydrogens is 304 g/mol. The summed E-state index contributed by atoms with van der Waals surface area (Å²) in [5, 5.41) is 3.48. The van der Waals surface area contributed by atoms with Gasteiger partial charge in [-0.3, -0.25) is 4.79 Å². The summed E-state index contributed by atoms with van der Waals surface area (Å²) in [7, 11) is 0. The Morgan fingerprint density at radius 1 is 1.71 bits per heavy atom. The van der Waals surface area contributed by atoms with Gasteiger partial charge in [-0.05, 0) is 34.7 Å². The van der Waals surface area contributed by atoms with Crippen LogP contribution in [0.1, 0.15) is 31.7 Å². The van der Waals surface area contributed by atoms with Crippen molar-refractivity contribution < 1.29 is 4.79 Å². The monoisotopic (exact) mass is 314 g/mol. The van der Waals surface area contributed by atoms with E-state index in [1.807, 2.05) is 0 Å². The number of pyridine rings is 1. The molecule has 2 heterocycles. The van der Waals surface area contributed by atoms with E-state index in [4.69, 9.17) is 11.6 Å². The van der Waals surface area contributed by atoms with Gasteiger partial charge in [0.25, 0.3) is 0 Å².